The zero-order valence-electron chi connectivity index (χ0n) is 20.1. The minimum absolute atomic E-state index is 0.0851. The number of aryl methyl sites for hydroxylation is 1. The maximum atomic E-state index is 12.9. The molecule has 1 saturated heterocycles. The van der Waals surface area contributed by atoms with E-state index in [1.807, 2.05) is 18.2 Å². The van der Waals surface area contributed by atoms with Crippen LogP contribution in [0.3, 0.4) is 0 Å². The van der Waals surface area contributed by atoms with Crippen molar-refractivity contribution in [1.29, 1.82) is 5.26 Å². The number of aromatic nitrogens is 5. The van der Waals surface area contributed by atoms with E-state index in [4.69, 9.17) is 16.3 Å². The highest BCUT2D eigenvalue weighted by molar-refractivity contribution is 7.92. The zero-order valence-corrected chi connectivity index (χ0v) is 21.6. The number of nitrogens with one attached hydrogen (secondary N) is 1. The van der Waals surface area contributed by atoms with Crippen molar-refractivity contribution < 1.29 is 13.2 Å². The summed E-state index contributed by atoms with van der Waals surface area (Å²) in [5.74, 6) is 0.0657. The number of nitrogens with zero attached hydrogens (tertiary/aromatic N) is 6. The minimum Gasteiger partial charge on any atom is -0.381 e. The summed E-state index contributed by atoms with van der Waals surface area (Å²) < 4.78 is 35.3. The molecule has 4 aromatic rings. The summed E-state index contributed by atoms with van der Waals surface area (Å²) in [6.07, 6.45) is 5.57. The third-order valence-electron chi connectivity index (χ3n) is 6.28. The number of fused-ring (bicyclic) bond motifs is 1. The van der Waals surface area contributed by atoms with Crippen LogP contribution in [0.1, 0.15) is 25.0 Å². The van der Waals surface area contributed by atoms with Crippen LogP contribution in [-0.2, 0) is 21.8 Å². The first-order valence-corrected chi connectivity index (χ1v) is 13.8. The summed E-state index contributed by atoms with van der Waals surface area (Å²) in [6, 6.07) is 10.9. The largest absolute Gasteiger partial charge is 0.381 e. The van der Waals surface area contributed by atoms with E-state index in [2.05, 4.69) is 24.8 Å². The fourth-order valence-electron chi connectivity index (χ4n) is 4.35. The Morgan fingerprint density at radius 3 is 2.76 bits per heavy atom. The van der Waals surface area contributed by atoms with Crippen LogP contribution in [0.4, 0.5) is 5.82 Å². The molecule has 5 rings (SSSR count). The van der Waals surface area contributed by atoms with Gasteiger partial charge in [-0.3, -0.25) is 14.4 Å². The molecular formula is C25H24ClN7O3S. The summed E-state index contributed by atoms with van der Waals surface area (Å²) in [7, 11) is -2.01. The van der Waals surface area contributed by atoms with Crippen molar-refractivity contribution in [2.45, 2.75) is 19.3 Å². The highest BCUT2D eigenvalue weighted by Crippen LogP contribution is 2.35. The number of anilines is 1. The number of nitriles is 1. The average molecular weight is 538 g/mol. The Balaban J connectivity index is 1.56. The van der Waals surface area contributed by atoms with Crippen LogP contribution in [0.25, 0.3) is 33.5 Å². The second kappa shape index (κ2) is 10.4. The van der Waals surface area contributed by atoms with Gasteiger partial charge in [0, 0.05) is 43.6 Å². The number of rotatable bonds is 7. The molecule has 190 valence electrons. The highest BCUT2D eigenvalue weighted by Gasteiger charge is 2.24. The van der Waals surface area contributed by atoms with Crippen molar-refractivity contribution in [2.24, 2.45) is 13.0 Å². The number of sulfonamides is 1. The number of pyridine rings is 1. The van der Waals surface area contributed by atoms with E-state index in [1.54, 1.807) is 42.3 Å². The van der Waals surface area contributed by atoms with Crippen molar-refractivity contribution in [3.05, 3.63) is 53.4 Å². The zero-order chi connectivity index (χ0) is 26.0. The lowest BCUT2D eigenvalue weighted by Crippen LogP contribution is -2.23. The molecular weight excluding hydrogens is 514 g/mol. The fourth-order valence-corrected chi connectivity index (χ4v) is 5.80. The molecule has 1 N–H and O–H groups in total. The van der Waals surface area contributed by atoms with E-state index >= 15 is 0 Å². The van der Waals surface area contributed by atoms with Gasteiger partial charge in [0.2, 0.25) is 10.0 Å². The van der Waals surface area contributed by atoms with Crippen molar-refractivity contribution in [3.8, 4) is 28.7 Å². The van der Waals surface area contributed by atoms with Crippen LogP contribution in [0.15, 0.2) is 42.7 Å². The van der Waals surface area contributed by atoms with Gasteiger partial charge in [0.05, 0.1) is 16.3 Å². The molecule has 0 unspecified atom stereocenters. The molecule has 0 radical (unpaired) electrons. The molecule has 1 aliphatic rings. The third-order valence-corrected chi connectivity index (χ3v) is 7.84. The molecule has 1 fully saturated rings. The van der Waals surface area contributed by atoms with Crippen molar-refractivity contribution >= 4 is 38.3 Å². The van der Waals surface area contributed by atoms with Gasteiger partial charge in [-0.2, -0.15) is 10.4 Å². The second-order valence-electron chi connectivity index (χ2n) is 8.90. The first-order valence-electron chi connectivity index (χ1n) is 11.8. The maximum absolute atomic E-state index is 12.9. The topological polar surface area (TPSA) is 136 Å². The Morgan fingerprint density at radius 1 is 1.22 bits per heavy atom. The van der Waals surface area contributed by atoms with Crippen molar-refractivity contribution in [1.82, 2.24) is 24.7 Å². The van der Waals surface area contributed by atoms with E-state index < -0.39 is 10.0 Å². The smallest absolute Gasteiger partial charge is 0.233 e. The summed E-state index contributed by atoms with van der Waals surface area (Å²) in [5, 5.41) is 15.5. The molecule has 37 heavy (non-hydrogen) atoms. The minimum atomic E-state index is -3.77. The monoisotopic (exact) mass is 537 g/mol. The van der Waals surface area contributed by atoms with Crippen molar-refractivity contribution in [2.75, 3.05) is 23.7 Å². The van der Waals surface area contributed by atoms with Crippen LogP contribution < -0.4 is 4.72 Å². The molecule has 12 heteroatoms. The van der Waals surface area contributed by atoms with Crippen LogP contribution in [0, 0.1) is 17.2 Å². The number of ether oxygens (including phenoxy) is 1. The second-order valence-corrected chi connectivity index (χ2v) is 11.2. The van der Waals surface area contributed by atoms with Gasteiger partial charge in [-0.15, -0.1) is 0 Å². The Kier molecular flexibility index (Phi) is 7.06. The van der Waals surface area contributed by atoms with Crippen LogP contribution in [0.5, 0.6) is 0 Å². The van der Waals surface area contributed by atoms with Crippen LogP contribution in [0.2, 0.25) is 5.02 Å². The lowest BCUT2D eigenvalue weighted by atomic mass is 9.98. The quantitative estimate of drug-likeness (QED) is 0.371. The van der Waals surface area contributed by atoms with Gasteiger partial charge in [0.15, 0.2) is 11.5 Å². The molecule has 1 aromatic carbocycles. The molecule has 0 amide bonds. The first-order chi connectivity index (χ1) is 17.8. The number of benzene rings is 1. The lowest BCUT2D eigenvalue weighted by molar-refractivity contribution is 0.0656. The summed E-state index contributed by atoms with van der Waals surface area (Å²) in [4.78, 5) is 13.4. The maximum Gasteiger partial charge on any atom is 0.233 e. The van der Waals surface area contributed by atoms with E-state index in [9.17, 15) is 13.7 Å². The summed E-state index contributed by atoms with van der Waals surface area (Å²) in [5.41, 5.74) is 2.24. The Hall–Kier alpha value is -3.59. The highest BCUT2D eigenvalue weighted by atomic mass is 35.5. The van der Waals surface area contributed by atoms with E-state index in [0.29, 0.717) is 52.8 Å². The third kappa shape index (κ3) is 5.56. The summed E-state index contributed by atoms with van der Waals surface area (Å²) >= 11 is 6.51. The predicted octanol–water partition coefficient (Wildman–Crippen LogP) is 4.18. The molecule has 3 aromatic heterocycles. The molecule has 1 aliphatic heterocycles. The fraction of sp³-hybridized carbons (Fsp3) is 0.320. The molecule has 0 bridgehead atoms. The number of hydrogen-bond donors (Lipinski definition) is 1. The predicted molar refractivity (Wildman–Crippen MR) is 140 cm³/mol. The average Bonchev–Trinajstić information content (AvgIpc) is 3.34. The molecule has 4 heterocycles. The van der Waals surface area contributed by atoms with E-state index in [0.717, 1.165) is 18.2 Å². The Labute approximate surface area is 219 Å². The molecule has 0 spiro atoms. The first kappa shape index (κ1) is 25.1. The van der Waals surface area contributed by atoms with Gasteiger partial charge in [-0.1, -0.05) is 17.7 Å². The summed E-state index contributed by atoms with van der Waals surface area (Å²) in [6.45, 7) is 1.29. The van der Waals surface area contributed by atoms with Crippen molar-refractivity contribution in [3.63, 3.8) is 0 Å². The van der Waals surface area contributed by atoms with Gasteiger partial charge >= 0.3 is 0 Å². The van der Waals surface area contributed by atoms with Gasteiger partial charge in [0.1, 0.15) is 23.2 Å². The normalized spacial score (nSPS) is 14.5. The van der Waals surface area contributed by atoms with Crippen LogP contribution >= 0.6 is 11.6 Å². The Bertz CT molecular complexity index is 1610. The van der Waals surface area contributed by atoms with E-state index in [1.165, 1.54) is 0 Å². The SMILES string of the molecule is Cn1ccc(-c2nc(NS(=O)(=O)CCC3CCOCC3)c(C#N)nc2-c2cc(Cl)c3ncccc3c2)n1. The molecule has 10 nitrogen and oxygen atoms in total. The van der Waals surface area contributed by atoms with Gasteiger partial charge < -0.3 is 4.74 Å². The molecule has 0 aliphatic carbocycles. The number of halogens is 1. The molecule has 0 saturated carbocycles. The van der Waals surface area contributed by atoms with Crippen LogP contribution in [-0.4, -0.2) is 52.1 Å². The lowest BCUT2D eigenvalue weighted by Gasteiger charge is -2.21. The van der Waals surface area contributed by atoms with Gasteiger partial charge in [0.25, 0.3) is 0 Å². The van der Waals surface area contributed by atoms with E-state index in [-0.39, 0.29) is 23.2 Å². The molecule has 0 atom stereocenters. The number of hydrogen-bond acceptors (Lipinski definition) is 8. The van der Waals surface area contributed by atoms with Gasteiger partial charge in [-0.25, -0.2) is 18.4 Å². The Morgan fingerprint density at radius 2 is 2.03 bits per heavy atom. The standard InChI is InChI=1S/C25H24ClN7O3S/c1-33-9-4-20(31-33)24-23(18-13-17-3-2-8-28-22(17)19(26)14-18)29-21(15-27)25(30-24)32-37(34,35)12-7-16-5-10-36-11-6-16/h2-4,8-9,13-14,16H,5-7,10-12H2,1H3,(H,30,32). The van der Waals surface area contributed by atoms with Gasteiger partial charge in [-0.05, 0) is 49.4 Å².